The van der Waals surface area contributed by atoms with Gasteiger partial charge in [0.1, 0.15) is 4.21 Å². The topological polar surface area (TPSA) is 58.6 Å². The molecule has 1 aromatic heterocycles. The smallest absolute Gasteiger partial charge is 0.250 e. The van der Waals surface area contributed by atoms with Gasteiger partial charge in [-0.05, 0) is 36.4 Å². The van der Waals surface area contributed by atoms with Gasteiger partial charge in [-0.15, -0.1) is 11.3 Å². The quantitative estimate of drug-likeness (QED) is 0.716. The van der Waals surface area contributed by atoms with E-state index in [1.54, 1.807) is 17.5 Å². The normalized spacial score (nSPS) is 19.1. The number of ether oxygens (including phenoxy) is 1. The van der Waals surface area contributed by atoms with Crippen molar-refractivity contribution in [3.8, 4) is 0 Å². The zero-order valence-electron chi connectivity index (χ0n) is 14.1. The second-order valence-electron chi connectivity index (χ2n) is 6.11. The Morgan fingerprint density at radius 1 is 1.16 bits per heavy atom. The molecule has 0 radical (unpaired) electrons. The first-order valence-electron chi connectivity index (χ1n) is 8.57. The molecule has 1 atom stereocenters. The molecule has 7 heteroatoms. The summed E-state index contributed by atoms with van der Waals surface area (Å²) in [5, 5.41) is 1.77. The van der Waals surface area contributed by atoms with Gasteiger partial charge >= 0.3 is 0 Å². The van der Waals surface area contributed by atoms with Gasteiger partial charge in [-0.25, -0.2) is 13.1 Å². The van der Waals surface area contributed by atoms with Gasteiger partial charge in [-0.1, -0.05) is 36.4 Å². The van der Waals surface area contributed by atoms with Gasteiger partial charge in [0, 0.05) is 19.6 Å². The van der Waals surface area contributed by atoms with Crippen LogP contribution in [0.1, 0.15) is 24.5 Å². The molecule has 5 nitrogen and oxygen atoms in total. The lowest BCUT2D eigenvalue weighted by Gasteiger charge is -2.33. The second-order valence-corrected chi connectivity index (χ2v) is 9.05. The molecule has 1 aliphatic heterocycles. The molecule has 136 valence electrons. The number of hydrogen-bond acceptors (Lipinski definition) is 5. The molecule has 1 aromatic carbocycles. The van der Waals surface area contributed by atoms with Gasteiger partial charge in [-0.2, -0.15) is 0 Å². The lowest BCUT2D eigenvalue weighted by molar-refractivity contribution is -0.0303. The highest BCUT2D eigenvalue weighted by molar-refractivity contribution is 7.91. The number of nitrogens with zero attached hydrogens (tertiary/aromatic N) is 1. The Labute approximate surface area is 153 Å². The van der Waals surface area contributed by atoms with Gasteiger partial charge in [0.25, 0.3) is 0 Å². The van der Waals surface area contributed by atoms with E-state index in [4.69, 9.17) is 4.74 Å². The molecule has 1 N–H and O–H groups in total. The Kier molecular flexibility index (Phi) is 6.61. The van der Waals surface area contributed by atoms with Gasteiger partial charge in [0.15, 0.2) is 0 Å². The van der Waals surface area contributed by atoms with Crippen molar-refractivity contribution in [3.63, 3.8) is 0 Å². The molecule has 1 saturated heterocycles. The van der Waals surface area contributed by atoms with E-state index < -0.39 is 10.0 Å². The predicted molar refractivity (Wildman–Crippen MR) is 100 cm³/mol. The first-order valence-corrected chi connectivity index (χ1v) is 10.9. The highest BCUT2D eigenvalue weighted by atomic mass is 32.2. The van der Waals surface area contributed by atoms with Crippen LogP contribution in [0, 0.1) is 0 Å². The van der Waals surface area contributed by atoms with E-state index in [9.17, 15) is 8.42 Å². The van der Waals surface area contributed by atoms with Crippen molar-refractivity contribution in [1.29, 1.82) is 0 Å². The summed E-state index contributed by atoms with van der Waals surface area (Å²) < 4.78 is 33.0. The van der Waals surface area contributed by atoms with Crippen LogP contribution in [0.15, 0.2) is 52.1 Å². The fourth-order valence-electron chi connectivity index (χ4n) is 2.93. The molecular weight excluding hydrogens is 356 g/mol. The average Bonchev–Trinajstić information content (AvgIpc) is 3.18. The van der Waals surface area contributed by atoms with E-state index in [2.05, 4.69) is 21.8 Å². The molecule has 0 spiro atoms. The highest BCUT2D eigenvalue weighted by Gasteiger charge is 2.21. The van der Waals surface area contributed by atoms with E-state index in [-0.39, 0.29) is 6.10 Å². The Morgan fingerprint density at radius 3 is 2.76 bits per heavy atom. The summed E-state index contributed by atoms with van der Waals surface area (Å²) in [5.74, 6) is 0. The van der Waals surface area contributed by atoms with Crippen LogP contribution in [-0.4, -0.2) is 46.1 Å². The molecule has 3 rings (SSSR count). The van der Waals surface area contributed by atoms with Crippen LogP contribution in [0.25, 0.3) is 0 Å². The van der Waals surface area contributed by atoms with E-state index >= 15 is 0 Å². The molecule has 1 unspecified atom stereocenters. The zero-order chi connectivity index (χ0) is 17.5. The molecule has 2 heterocycles. The van der Waals surface area contributed by atoms with Crippen molar-refractivity contribution in [1.82, 2.24) is 9.62 Å². The summed E-state index contributed by atoms with van der Waals surface area (Å²) in [6, 6.07) is 13.7. The first kappa shape index (κ1) is 18.5. The maximum absolute atomic E-state index is 12.0. The monoisotopic (exact) mass is 380 g/mol. The minimum absolute atomic E-state index is 0.132. The van der Waals surface area contributed by atoms with E-state index in [1.165, 1.54) is 16.9 Å². The highest BCUT2D eigenvalue weighted by Crippen LogP contribution is 2.22. The van der Waals surface area contributed by atoms with Crippen molar-refractivity contribution in [3.05, 3.63) is 53.4 Å². The SMILES string of the molecule is O=S(=O)(NCCCCN1CCOC(c2ccccc2)C1)c1cccs1. The van der Waals surface area contributed by atoms with Gasteiger partial charge in [-0.3, -0.25) is 4.90 Å². The van der Waals surface area contributed by atoms with Crippen LogP contribution in [0.5, 0.6) is 0 Å². The maximum atomic E-state index is 12.0. The zero-order valence-corrected chi connectivity index (χ0v) is 15.8. The predicted octanol–water partition coefficient (Wildman–Crippen LogP) is 2.88. The molecule has 1 aliphatic rings. The summed E-state index contributed by atoms with van der Waals surface area (Å²) in [5.41, 5.74) is 1.22. The Bertz CT molecular complexity index is 733. The molecule has 0 saturated carbocycles. The second kappa shape index (κ2) is 8.91. The summed E-state index contributed by atoms with van der Waals surface area (Å²) in [4.78, 5) is 2.40. The minimum Gasteiger partial charge on any atom is -0.371 e. The summed E-state index contributed by atoms with van der Waals surface area (Å²) in [7, 11) is -3.33. The fraction of sp³-hybridized carbons (Fsp3) is 0.444. The standard InChI is InChI=1S/C18H24N2O3S2/c21-25(22,18-9-6-14-24-18)19-10-4-5-11-20-12-13-23-17(15-20)16-7-2-1-3-8-16/h1-3,6-9,14,17,19H,4-5,10-13,15H2. The lowest BCUT2D eigenvalue weighted by atomic mass is 10.1. The number of hydrogen-bond donors (Lipinski definition) is 1. The molecular formula is C18H24N2O3S2. The number of nitrogens with one attached hydrogen (secondary N) is 1. The maximum Gasteiger partial charge on any atom is 0.250 e. The van der Waals surface area contributed by atoms with Crippen molar-refractivity contribution in [2.24, 2.45) is 0 Å². The van der Waals surface area contributed by atoms with Gasteiger partial charge < -0.3 is 4.74 Å². The Hall–Kier alpha value is -1.25. The fourth-order valence-corrected chi connectivity index (χ4v) is 5.04. The van der Waals surface area contributed by atoms with Crippen molar-refractivity contribution < 1.29 is 13.2 Å². The van der Waals surface area contributed by atoms with Crippen LogP contribution >= 0.6 is 11.3 Å². The lowest BCUT2D eigenvalue weighted by Crippen LogP contribution is -2.39. The molecule has 1 fully saturated rings. The first-order chi connectivity index (χ1) is 12.1. The molecule has 0 aliphatic carbocycles. The van der Waals surface area contributed by atoms with Gasteiger partial charge in [0.05, 0.1) is 12.7 Å². The Balaban J connectivity index is 1.38. The van der Waals surface area contributed by atoms with E-state index in [1.807, 2.05) is 18.2 Å². The Morgan fingerprint density at radius 2 is 2.00 bits per heavy atom. The van der Waals surface area contributed by atoms with Crippen molar-refractivity contribution in [2.45, 2.75) is 23.2 Å². The van der Waals surface area contributed by atoms with Gasteiger partial charge in [0.2, 0.25) is 10.0 Å². The van der Waals surface area contributed by atoms with Crippen LogP contribution in [0.2, 0.25) is 0 Å². The third-order valence-corrected chi connectivity index (χ3v) is 7.13. The number of rotatable bonds is 8. The third kappa shape index (κ3) is 5.36. The van der Waals surface area contributed by atoms with Crippen LogP contribution < -0.4 is 4.72 Å². The number of unbranched alkanes of at least 4 members (excludes halogenated alkanes) is 1. The van der Waals surface area contributed by atoms with Crippen LogP contribution in [-0.2, 0) is 14.8 Å². The minimum atomic E-state index is -3.33. The third-order valence-electron chi connectivity index (χ3n) is 4.28. The number of thiophene rings is 1. The largest absolute Gasteiger partial charge is 0.371 e. The average molecular weight is 381 g/mol. The summed E-state index contributed by atoms with van der Waals surface area (Å²) in [6.07, 6.45) is 1.93. The number of morpholine rings is 1. The molecule has 0 amide bonds. The molecule has 0 bridgehead atoms. The van der Waals surface area contributed by atoms with Crippen LogP contribution in [0.3, 0.4) is 0 Å². The summed E-state index contributed by atoms with van der Waals surface area (Å²) in [6.45, 7) is 4.01. The number of sulfonamides is 1. The van der Waals surface area contributed by atoms with Crippen molar-refractivity contribution >= 4 is 21.4 Å². The number of benzene rings is 1. The molecule has 25 heavy (non-hydrogen) atoms. The van der Waals surface area contributed by atoms with E-state index in [0.29, 0.717) is 10.8 Å². The van der Waals surface area contributed by atoms with Crippen LogP contribution in [0.4, 0.5) is 0 Å². The summed E-state index contributed by atoms with van der Waals surface area (Å²) >= 11 is 1.24. The van der Waals surface area contributed by atoms with E-state index in [0.717, 1.165) is 39.1 Å². The molecule has 2 aromatic rings. The van der Waals surface area contributed by atoms with Crippen molar-refractivity contribution in [2.75, 3.05) is 32.8 Å².